The van der Waals surface area contributed by atoms with Crippen molar-refractivity contribution in [2.75, 3.05) is 20.7 Å². The summed E-state index contributed by atoms with van der Waals surface area (Å²) in [5, 5.41) is 4.51. The number of hydrogen-bond acceptors (Lipinski definition) is 2. The number of ether oxygens (including phenoxy) is 1. The number of rotatable bonds is 6. The fourth-order valence-electron chi connectivity index (χ4n) is 3.08. The van der Waals surface area contributed by atoms with Gasteiger partial charge in [0.15, 0.2) is 0 Å². The van der Waals surface area contributed by atoms with Crippen molar-refractivity contribution in [3.63, 3.8) is 0 Å². The number of methoxy groups -OCH3 is 1. The SMILES string of the molecule is CNCCC(c1ccccc1)c1c[nH]c2c(OC)cccc12. The molecule has 0 fully saturated rings. The Morgan fingerprint density at radius 1 is 1.09 bits per heavy atom. The van der Waals surface area contributed by atoms with Crippen molar-refractivity contribution in [2.45, 2.75) is 12.3 Å². The molecule has 1 atom stereocenters. The van der Waals surface area contributed by atoms with Crippen LogP contribution in [-0.2, 0) is 0 Å². The molecular weight excluding hydrogens is 272 g/mol. The number of H-pyrrole nitrogens is 1. The minimum atomic E-state index is 0.370. The molecule has 0 bridgehead atoms. The van der Waals surface area contributed by atoms with E-state index in [-0.39, 0.29) is 0 Å². The Kier molecular flexibility index (Phi) is 4.45. The van der Waals surface area contributed by atoms with Gasteiger partial charge in [-0.25, -0.2) is 0 Å². The molecule has 22 heavy (non-hydrogen) atoms. The molecule has 0 saturated heterocycles. The molecule has 0 spiro atoms. The van der Waals surface area contributed by atoms with Crippen LogP contribution in [0.4, 0.5) is 0 Å². The van der Waals surface area contributed by atoms with Crippen LogP contribution in [0.25, 0.3) is 10.9 Å². The molecule has 0 aliphatic heterocycles. The maximum absolute atomic E-state index is 5.46. The molecule has 2 aromatic carbocycles. The highest BCUT2D eigenvalue weighted by Crippen LogP contribution is 2.35. The summed E-state index contributed by atoms with van der Waals surface area (Å²) in [6, 6.07) is 16.9. The van der Waals surface area contributed by atoms with E-state index in [1.807, 2.05) is 13.1 Å². The van der Waals surface area contributed by atoms with Gasteiger partial charge in [0.1, 0.15) is 5.75 Å². The minimum Gasteiger partial charge on any atom is -0.495 e. The lowest BCUT2D eigenvalue weighted by atomic mass is 9.88. The Hall–Kier alpha value is -2.26. The van der Waals surface area contributed by atoms with Gasteiger partial charge in [0.2, 0.25) is 0 Å². The van der Waals surface area contributed by atoms with E-state index in [1.165, 1.54) is 16.5 Å². The molecule has 0 saturated carbocycles. The van der Waals surface area contributed by atoms with E-state index in [0.29, 0.717) is 5.92 Å². The zero-order valence-corrected chi connectivity index (χ0v) is 13.1. The molecule has 1 unspecified atom stereocenters. The van der Waals surface area contributed by atoms with E-state index in [0.717, 1.165) is 24.2 Å². The van der Waals surface area contributed by atoms with Gasteiger partial charge in [-0.2, -0.15) is 0 Å². The smallest absolute Gasteiger partial charge is 0.142 e. The number of benzene rings is 2. The molecule has 1 aromatic heterocycles. The molecule has 3 rings (SSSR count). The first-order valence-corrected chi connectivity index (χ1v) is 7.68. The largest absolute Gasteiger partial charge is 0.495 e. The molecule has 114 valence electrons. The van der Waals surface area contributed by atoms with Gasteiger partial charge in [0.25, 0.3) is 0 Å². The molecule has 0 aliphatic rings. The van der Waals surface area contributed by atoms with Gasteiger partial charge in [-0.3, -0.25) is 0 Å². The monoisotopic (exact) mass is 294 g/mol. The first-order valence-electron chi connectivity index (χ1n) is 7.68. The second-order valence-electron chi connectivity index (χ2n) is 5.48. The van der Waals surface area contributed by atoms with Gasteiger partial charge in [0.05, 0.1) is 12.6 Å². The summed E-state index contributed by atoms with van der Waals surface area (Å²) in [7, 11) is 3.71. The van der Waals surface area contributed by atoms with Crippen LogP contribution in [0.2, 0.25) is 0 Å². The van der Waals surface area contributed by atoms with E-state index in [4.69, 9.17) is 4.74 Å². The highest BCUT2D eigenvalue weighted by Gasteiger charge is 2.18. The fourth-order valence-corrected chi connectivity index (χ4v) is 3.08. The molecular formula is C19H22N2O. The normalized spacial score (nSPS) is 12.5. The van der Waals surface area contributed by atoms with Crippen molar-refractivity contribution >= 4 is 10.9 Å². The van der Waals surface area contributed by atoms with Crippen molar-refractivity contribution in [3.05, 3.63) is 65.9 Å². The van der Waals surface area contributed by atoms with Gasteiger partial charge < -0.3 is 15.0 Å². The topological polar surface area (TPSA) is 37.0 Å². The highest BCUT2D eigenvalue weighted by molar-refractivity contribution is 5.89. The summed E-state index contributed by atoms with van der Waals surface area (Å²) in [4.78, 5) is 3.39. The van der Waals surface area contributed by atoms with E-state index >= 15 is 0 Å². The molecule has 3 heteroatoms. The van der Waals surface area contributed by atoms with Crippen LogP contribution in [0.3, 0.4) is 0 Å². The first kappa shape index (κ1) is 14.7. The van der Waals surface area contributed by atoms with Crippen LogP contribution in [0.1, 0.15) is 23.5 Å². The summed E-state index contributed by atoms with van der Waals surface area (Å²) in [6.07, 6.45) is 3.19. The second kappa shape index (κ2) is 6.67. The Balaban J connectivity index is 2.08. The predicted molar refractivity (Wildman–Crippen MR) is 91.7 cm³/mol. The summed E-state index contributed by atoms with van der Waals surface area (Å²) in [5.74, 6) is 1.26. The zero-order chi connectivity index (χ0) is 15.4. The Bertz CT molecular complexity index is 734. The third-order valence-corrected chi connectivity index (χ3v) is 4.19. The number of fused-ring (bicyclic) bond motifs is 1. The van der Waals surface area contributed by atoms with Crippen LogP contribution in [0, 0.1) is 0 Å². The molecule has 1 heterocycles. The fraction of sp³-hybridized carbons (Fsp3) is 0.263. The predicted octanol–water partition coefficient (Wildman–Crippen LogP) is 3.92. The van der Waals surface area contributed by atoms with Crippen LogP contribution < -0.4 is 10.1 Å². The van der Waals surface area contributed by atoms with Crippen molar-refractivity contribution in [2.24, 2.45) is 0 Å². The summed E-state index contributed by atoms with van der Waals surface area (Å²) in [6.45, 7) is 0.982. The zero-order valence-electron chi connectivity index (χ0n) is 13.1. The van der Waals surface area contributed by atoms with Crippen molar-refractivity contribution in [3.8, 4) is 5.75 Å². The molecule has 2 N–H and O–H groups in total. The van der Waals surface area contributed by atoms with Gasteiger partial charge in [0, 0.05) is 17.5 Å². The lowest BCUT2D eigenvalue weighted by Gasteiger charge is -2.17. The van der Waals surface area contributed by atoms with Gasteiger partial charge >= 0.3 is 0 Å². The maximum Gasteiger partial charge on any atom is 0.142 e. The summed E-state index contributed by atoms with van der Waals surface area (Å²) in [5.41, 5.74) is 3.75. The third-order valence-electron chi connectivity index (χ3n) is 4.19. The average molecular weight is 294 g/mol. The highest BCUT2D eigenvalue weighted by atomic mass is 16.5. The Morgan fingerprint density at radius 2 is 1.91 bits per heavy atom. The minimum absolute atomic E-state index is 0.370. The number of hydrogen-bond donors (Lipinski definition) is 2. The molecule has 0 radical (unpaired) electrons. The first-order chi connectivity index (χ1) is 10.8. The third kappa shape index (κ3) is 2.72. The van der Waals surface area contributed by atoms with E-state index < -0.39 is 0 Å². The van der Waals surface area contributed by atoms with Gasteiger partial charge in [-0.1, -0.05) is 42.5 Å². The number of aromatic amines is 1. The standard InChI is InChI=1S/C19H22N2O/c1-20-12-11-15(14-7-4-3-5-8-14)17-13-21-19-16(17)9-6-10-18(19)22-2/h3-10,13,15,20-21H,11-12H2,1-2H3. The molecule has 3 aromatic rings. The van der Waals surface area contributed by atoms with Crippen molar-refractivity contribution < 1.29 is 4.74 Å². The quantitative estimate of drug-likeness (QED) is 0.723. The summed E-state index contributed by atoms with van der Waals surface area (Å²) >= 11 is 0. The van der Waals surface area contributed by atoms with Gasteiger partial charge in [-0.05, 0) is 37.2 Å². The average Bonchev–Trinajstić information content (AvgIpc) is 3.00. The lowest BCUT2D eigenvalue weighted by molar-refractivity contribution is 0.419. The van der Waals surface area contributed by atoms with Crippen molar-refractivity contribution in [1.29, 1.82) is 0 Å². The molecule has 0 aliphatic carbocycles. The number of nitrogens with one attached hydrogen (secondary N) is 2. The van der Waals surface area contributed by atoms with Gasteiger partial charge in [-0.15, -0.1) is 0 Å². The van der Waals surface area contributed by atoms with E-state index in [1.54, 1.807) is 7.11 Å². The van der Waals surface area contributed by atoms with Crippen LogP contribution in [-0.4, -0.2) is 25.7 Å². The second-order valence-corrected chi connectivity index (χ2v) is 5.48. The van der Waals surface area contributed by atoms with Crippen LogP contribution >= 0.6 is 0 Å². The van der Waals surface area contributed by atoms with Crippen LogP contribution in [0.15, 0.2) is 54.7 Å². The molecule has 3 nitrogen and oxygen atoms in total. The van der Waals surface area contributed by atoms with E-state index in [9.17, 15) is 0 Å². The Morgan fingerprint density at radius 3 is 2.64 bits per heavy atom. The van der Waals surface area contributed by atoms with Crippen molar-refractivity contribution in [1.82, 2.24) is 10.3 Å². The number of para-hydroxylation sites is 1. The Labute approximate surface area is 131 Å². The molecule has 0 amide bonds. The number of aromatic nitrogens is 1. The maximum atomic E-state index is 5.46. The lowest BCUT2D eigenvalue weighted by Crippen LogP contribution is -2.13. The van der Waals surface area contributed by atoms with Crippen LogP contribution in [0.5, 0.6) is 5.75 Å². The van der Waals surface area contributed by atoms with E-state index in [2.05, 4.69) is 59.0 Å². The summed E-state index contributed by atoms with van der Waals surface area (Å²) < 4.78 is 5.46.